The zero-order chi connectivity index (χ0) is 44.3. The van der Waals surface area contributed by atoms with E-state index in [1.165, 1.54) is 6.92 Å². The molecule has 0 spiro atoms. The molecule has 0 bridgehead atoms. The average Bonchev–Trinajstić information content (AvgIpc) is 3.15. The Morgan fingerprint density at radius 3 is 1.34 bits per heavy atom. The van der Waals surface area contributed by atoms with E-state index in [2.05, 4.69) is 37.2 Å². The van der Waals surface area contributed by atoms with Gasteiger partial charge in [-0.25, -0.2) is 4.79 Å². The average molecular weight is 823 g/mol. The van der Waals surface area contributed by atoms with Gasteiger partial charge in [-0.3, -0.25) is 33.6 Å². The first kappa shape index (κ1) is 50.8. The Bertz CT molecular complexity index is 1540. The molecule has 0 aliphatic rings. The number of hydrogen-bond acceptors (Lipinski definition) is 12. The number of aliphatic carboxylic acids is 1. The van der Waals surface area contributed by atoms with Crippen LogP contribution < -0.4 is 43.0 Å². The molecular formula is C38H62N8O12. The minimum atomic E-state index is -1.76. The van der Waals surface area contributed by atoms with Crippen molar-refractivity contribution in [3.05, 3.63) is 35.9 Å². The molecule has 58 heavy (non-hydrogen) atoms. The molecule has 326 valence electrons. The van der Waals surface area contributed by atoms with Crippen LogP contribution in [-0.2, 0) is 44.8 Å². The molecule has 7 amide bonds. The highest BCUT2D eigenvalue weighted by atomic mass is 16.4. The normalized spacial score (nSPS) is 15.4. The summed E-state index contributed by atoms with van der Waals surface area (Å²) in [6, 6.07) is -2.56. The van der Waals surface area contributed by atoms with Crippen LogP contribution in [0, 0.1) is 17.8 Å². The Labute approximate surface area is 338 Å². The summed E-state index contributed by atoms with van der Waals surface area (Å²) < 4.78 is 0. The van der Waals surface area contributed by atoms with Crippen molar-refractivity contribution >= 4 is 47.3 Å². The second-order valence-electron chi connectivity index (χ2n) is 15.2. The van der Waals surface area contributed by atoms with Crippen molar-refractivity contribution in [3.8, 4) is 0 Å². The zero-order valence-corrected chi connectivity index (χ0v) is 34.1. The predicted octanol–water partition coefficient (Wildman–Crippen LogP) is -3.22. The molecule has 0 heterocycles. The minimum absolute atomic E-state index is 0.103. The monoisotopic (exact) mass is 822 g/mol. The van der Waals surface area contributed by atoms with Gasteiger partial charge < -0.3 is 63.4 Å². The van der Waals surface area contributed by atoms with Crippen molar-refractivity contribution in [1.82, 2.24) is 37.2 Å². The third-order valence-electron chi connectivity index (χ3n) is 8.75. The molecule has 20 heteroatoms. The molecule has 1 aromatic carbocycles. The molecule has 8 atom stereocenters. The van der Waals surface area contributed by atoms with Gasteiger partial charge in [-0.2, -0.15) is 0 Å². The Morgan fingerprint density at radius 1 is 0.517 bits per heavy atom. The first-order valence-electron chi connectivity index (χ1n) is 19.1. The van der Waals surface area contributed by atoms with Crippen molar-refractivity contribution in [2.45, 2.75) is 116 Å². The maximum atomic E-state index is 13.4. The summed E-state index contributed by atoms with van der Waals surface area (Å²) in [6.45, 7) is 9.11. The van der Waals surface area contributed by atoms with E-state index in [1.807, 2.05) is 13.8 Å². The summed E-state index contributed by atoms with van der Waals surface area (Å²) in [6.07, 6.45) is 0.436. The number of carbonyl (C=O) groups is 8. The van der Waals surface area contributed by atoms with Crippen LogP contribution in [0.15, 0.2) is 30.3 Å². The standard InChI is InChI=1S/C38H62N8O12/c1-19(2)13-24(39)32(51)46-30(21(5)6)37(56)41-25(14-20(3)4)33(52)40-22(7)31(50)43-27(16-47)35(54)45-29(18-49)36(55)44-28(17-48)34(53)42-26(38(57)58)15-23-11-9-8-10-12-23/h8-12,19-22,24-30,47-49H,13-18,39H2,1-7H3,(H,40,52)(H,41,56)(H,42,53)(H,43,50)(H,44,55)(H,45,54)(H,46,51)(H,57,58)/t22-,24-,25-,26-,27-,28-,29-,30-/m0/s1. The summed E-state index contributed by atoms with van der Waals surface area (Å²) in [5.74, 6) is -7.98. The number of carboxylic acid groups (broad SMARTS) is 1. The first-order valence-corrected chi connectivity index (χ1v) is 19.1. The van der Waals surface area contributed by atoms with E-state index in [4.69, 9.17) is 5.73 Å². The maximum absolute atomic E-state index is 13.4. The number of aliphatic hydroxyl groups is 3. The number of rotatable bonds is 25. The van der Waals surface area contributed by atoms with Crippen LogP contribution in [0.3, 0.4) is 0 Å². The number of carbonyl (C=O) groups excluding carboxylic acids is 7. The van der Waals surface area contributed by atoms with Gasteiger partial charge in [-0.1, -0.05) is 71.9 Å². The van der Waals surface area contributed by atoms with Gasteiger partial charge in [-0.15, -0.1) is 0 Å². The van der Waals surface area contributed by atoms with Crippen LogP contribution in [0.25, 0.3) is 0 Å². The molecular weight excluding hydrogens is 760 g/mol. The lowest BCUT2D eigenvalue weighted by molar-refractivity contribution is -0.142. The number of hydrogen-bond donors (Lipinski definition) is 12. The first-order chi connectivity index (χ1) is 27.1. The summed E-state index contributed by atoms with van der Waals surface area (Å²) in [7, 11) is 0. The van der Waals surface area contributed by atoms with Gasteiger partial charge >= 0.3 is 5.97 Å². The molecule has 0 radical (unpaired) electrons. The van der Waals surface area contributed by atoms with Crippen molar-refractivity contribution < 1.29 is 58.8 Å². The van der Waals surface area contributed by atoms with Crippen LogP contribution in [0.2, 0.25) is 0 Å². The lowest BCUT2D eigenvalue weighted by atomic mass is 9.98. The van der Waals surface area contributed by atoms with Gasteiger partial charge in [0.15, 0.2) is 0 Å². The van der Waals surface area contributed by atoms with Gasteiger partial charge in [0, 0.05) is 6.42 Å². The minimum Gasteiger partial charge on any atom is -0.480 e. The zero-order valence-electron chi connectivity index (χ0n) is 34.1. The Kier molecular flexibility index (Phi) is 22.1. The van der Waals surface area contributed by atoms with Crippen LogP contribution in [0.4, 0.5) is 0 Å². The molecule has 13 N–H and O–H groups in total. The van der Waals surface area contributed by atoms with Crippen molar-refractivity contribution in [2.75, 3.05) is 19.8 Å². The molecule has 0 saturated carbocycles. The molecule has 0 aliphatic heterocycles. The number of amides is 7. The number of aliphatic hydroxyl groups excluding tert-OH is 3. The smallest absolute Gasteiger partial charge is 0.326 e. The number of benzene rings is 1. The van der Waals surface area contributed by atoms with Crippen molar-refractivity contribution in [1.29, 1.82) is 0 Å². The predicted molar refractivity (Wildman–Crippen MR) is 210 cm³/mol. The topological polar surface area (TPSA) is 328 Å². The van der Waals surface area contributed by atoms with Crippen LogP contribution in [-0.4, -0.2) is 136 Å². The number of nitrogens with one attached hydrogen (secondary N) is 7. The third-order valence-corrected chi connectivity index (χ3v) is 8.75. The highest BCUT2D eigenvalue weighted by molar-refractivity contribution is 5.97. The van der Waals surface area contributed by atoms with Gasteiger partial charge in [0.05, 0.1) is 25.9 Å². The lowest BCUT2D eigenvalue weighted by Crippen LogP contribution is -2.61. The summed E-state index contributed by atoms with van der Waals surface area (Å²) in [5, 5.41) is 55.6. The molecule has 0 fully saturated rings. The van der Waals surface area contributed by atoms with Crippen LogP contribution in [0.1, 0.15) is 66.9 Å². The van der Waals surface area contributed by atoms with E-state index in [9.17, 15) is 58.8 Å². The Hall–Kier alpha value is -5.18. The molecule has 0 unspecified atom stereocenters. The summed E-state index contributed by atoms with van der Waals surface area (Å²) in [5.41, 5.74) is 6.58. The molecule has 0 saturated heterocycles. The quantitative estimate of drug-likeness (QED) is 0.0463. The van der Waals surface area contributed by atoms with Crippen molar-refractivity contribution in [2.24, 2.45) is 23.5 Å². The summed E-state index contributed by atoms with van der Waals surface area (Å²) >= 11 is 0. The molecule has 20 nitrogen and oxygen atoms in total. The van der Waals surface area contributed by atoms with Crippen LogP contribution in [0.5, 0.6) is 0 Å². The Morgan fingerprint density at radius 2 is 0.931 bits per heavy atom. The van der Waals surface area contributed by atoms with E-state index < -0.39 is 115 Å². The van der Waals surface area contributed by atoms with Crippen molar-refractivity contribution in [3.63, 3.8) is 0 Å². The fraction of sp³-hybridized carbons (Fsp3) is 0.632. The lowest BCUT2D eigenvalue weighted by Gasteiger charge is -2.28. The van der Waals surface area contributed by atoms with Gasteiger partial charge in [-0.05, 0) is 43.1 Å². The maximum Gasteiger partial charge on any atom is 0.326 e. The fourth-order valence-corrected chi connectivity index (χ4v) is 5.50. The fourth-order valence-electron chi connectivity index (χ4n) is 5.50. The second-order valence-corrected chi connectivity index (χ2v) is 15.2. The van der Waals surface area contributed by atoms with E-state index in [-0.39, 0.29) is 30.6 Å². The number of carboxylic acids is 1. The summed E-state index contributed by atoms with van der Waals surface area (Å²) in [4.78, 5) is 103. The molecule has 0 aliphatic carbocycles. The van der Waals surface area contributed by atoms with Gasteiger partial charge in [0.1, 0.15) is 42.3 Å². The number of nitrogens with two attached hydrogens (primary N) is 1. The highest BCUT2D eigenvalue weighted by Crippen LogP contribution is 2.10. The van der Waals surface area contributed by atoms with Gasteiger partial charge in [0.2, 0.25) is 41.4 Å². The van der Waals surface area contributed by atoms with E-state index in [0.717, 1.165) is 0 Å². The molecule has 1 aromatic rings. The SMILES string of the molecule is CC(C)C[C@H](NC(=O)[C@@H](NC(=O)[C@@H](N)CC(C)C)C(C)C)C(=O)N[C@@H](C)C(=O)N[C@@H](CO)C(=O)N[C@@H](CO)C(=O)N[C@@H](CO)C(=O)N[C@@H](Cc1ccccc1)C(=O)O. The van der Waals surface area contributed by atoms with E-state index >= 15 is 0 Å². The second kappa shape index (κ2) is 25.2. The van der Waals surface area contributed by atoms with Crippen LogP contribution >= 0.6 is 0 Å². The molecule has 0 aromatic heterocycles. The van der Waals surface area contributed by atoms with E-state index in [1.54, 1.807) is 58.0 Å². The highest BCUT2D eigenvalue weighted by Gasteiger charge is 2.34. The third kappa shape index (κ3) is 17.5. The molecule has 1 rings (SSSR count). The largest absolute Gasteiger partial charge is 0.480 e. The Balaban J connectivity index is 2.93. The van der Waals surface area contributed by atoms with Gasteiger partial charge in [0.25, 0.3) is 0 Å². The van der Waals surface area contributed by atoms with E-state index in [0.29, 0.717) is 12.0 Å².